The maximum Gasteiger partial charge on any atom is 0.229 e. The van der Waals surface area contributed by atoms with Crippen LogP contribution in [0.1, 0.15) is 11.3 Å². The lowest BCUT2D eigenvalue weighted by molar-refractivity contribution is -0.115. The van der Waals surface area contributed by atoms with Crippen LogP contribution in [-0.2, 0) is 11.2 Å². The van der Waals surface area contributed by atoms with Gasteiger partial charge in [0.15, 0.2) is 5.82 Å². The Labute approximate surface area is 145 Å². The molecule has 3 aromatic rings. The average Bonchev–Trinajstić information content (AvgIpc) is 3.02. The fourth-order valence-electron chi connectivity index (χ4n) is 2.23. The van der Waals surface area contributed by atoms with Crippen LogP contribution < -0.4 is 15.4 Å². The van der Waals surface area contributed by atoms with Crippen LogP contribution in [-0.4, -0.2) is 23.2 Å². The van der Waals surface area contributed by atoms with Crippen LogP contribution in [0.2, 0.25) is 0 Å². The quantitative estimate of drug-likeness (QED) is 0.717. The van der Waals surface area contributed by atoms with Crippen molar-refractivity contribution in [2.24, 2.45) is 0 Å². The van der Waals surface area contributed by atoms with Crippen LogP contribution in [0, 0.1) is 6.92 Å². The molecule has 0 radical (unpaired) electrons. The number of ether oxygens (including phenoxy) is 1. The summed E-state index contributed by atoms with van der Waals surface area (Å²) in [7, 11) is 1.61. The molecule has 0 aliphatic heterocycles. The van der Waals surface area contributed by atoms with Gasteiger partial charge in [-0.05, 0) is 36.8 Å². The van der Waals surface area contributed by atoms with Gasteiger partial charge in [-0.15, -0.1) is 0 Å². The Morgan fingerprint density at radius 2 is 1.96 bits per heavy atom. The molecule has 0 saturated heterocycles. The van der Waals surface area contributed by atoms with Gasteiger partial charge < -0.3 is 19.9 Å². The van der Waals surface area contributed by atoms with E-state index in [1.165, 1.54) is 0 Å². The number of nitrogens with one attached hydrogen (secondary N) is 2. The zero-order chi connectivity index (χ0) is 17.6. The normalized spacial score (nSPS) is 10.3. The molecule has 0 spiro atoms. The third-order valence-corrected chi connectivity index (χ3v) is 3.46. The molecular weight excluding hydrogens is 320 g/mol. The minimum atomic E-state index is -0.134. The van der Waals surface area contributed by atoms with Crippen LogP contribution in [0.3, 0.4) is 0 Å². The second-order valence-corrected chi connectivity index (χ2v) is 5.45. The average molecular weight is 338 g/mol. The zero-order valence-corrected chi connectivity index (χ0v) is 13.9. The monoisotopic (exact) mass is 338 g/mol. The molecule has 0 fully saturated rings. The molecule has 0 aliphatic rings. The zero-order valence-electron chi connectivity index (χ0n) is 13.9. The van der Waals surface area contributed by atoms with Crippen LogP contribution in [0.4, 0.5) is 17.3 Å². The van der Waals surface area contributed by atoms with Gasteiger partial charge in [0.1, 0.15) is 17.3 Å². The molecule has 0 atom stereocenters. The van der Waals surface area contributed by atoms with Crippen molar-refractivity contribution < 1.29 is 14.1 Å². The van der Waals surface area contributed by atoms with Crippen molar-refractivity contribution in [3.63, 3.8) is 0 Å². The molecule has 7 nitrogen and oxygen atoms in total. The highest BCUT2D eigenvalue weighted by atomic mass is 16.5. The number of nitrogens with zero attached hydrogens (tertiary/aromatic N) is 2. The first-order valence-electron chi connectivity index (χ1n) is 7.71. The summed E-state index contributed by atoms with van der Waals surface area (Å²) in [6.45, 7) is 1.82. The highest BCUT2D eigenvalue weighted by molar-refractivity contribution is 5.91. The standard InChI is InChI=1S/C18H18N4O3/c1-12-9-17(22-25-12)20-14-5-8-16(19-11-14)21-18(23)10-13-3-6-15(24-2)7-4-13/h3-9,11H,10H2,1-2H3,(H,20,22)(H,19,21,23). The van der Waals surface area contributed by atoms with E-state index >= 15 is 0 Å². The first kappa shape index (κ1) is 16.5. The second-order valence-electron chi connectivity index (χ2n) is 5.45. The molecule has 0 saturated carbocycles. The van der Waals surface area contributed by atoms with Crippen molar-refractivity contribution in [1.82, 2.24) is 10.1 Å². The smallest absolute Gasteiger partial charge is 0.229 e. The van der Waals surface area contributed by atoms with Crippen LogP contribution in [0.15, 0.2) is 53.2 Å². The minimum Gasteiger partial charge on any atom is -0.497 e. The van der Waals surface area contributed by atoms with Gasteiger partial charge in [-0.25, -0.2) is 4.98 Å². The van der Waals surface area contributed by atoms with Crippen molar-refractivity contribution in [3.8, 4) is 5.75 Å². The van der Waals surface area contributed by atoms with Gasteiger partial charge in [-0.1, -0.05) is 17.3 Å². The van der Waals surface area contributed by atoms with Crippen molar-refractivity contribution >= 4 is 23.2 Å². The molecule has 1 amide bonds. The molecule has 1 aromatic carbocycles. The Kier molecular flexibility index (Phi) is 4.94. The van der Waals surface area contributed by atoms with Crippen molar-refractivity contribution in [2.45, 2.75) is 13.3 Å². The molecule has 2 heterocycles. The number of anilines is 3. The Morgan fingerprint density at radius 1 is 1.16 bits per heavy atom. The first-order chi connectivity index (χ1) is 12.1. The highest BCUT2D eigenvalue weighted by Gasteiger charge is 2.06. The summed E-state index contributed by atoms with van der Waals surface area (Å²) in [5.41, 5.74) is 1.65. The molecule has 128 valence electrons. The number of amides is 1. The second kappa shape index (κ2) is 7.48. The lowest BCUT2D eigenvalue weighted by atomic mass is 10.1. The number of carbonyl (C=O) groups is 1. The fourth-order valence-corrected chi connectivity index (χ4v) is 2.23. The Hall–Kier alpha value is -3.35. The third-order valence-electron chi connectivity index (χ3n) is 3.46. The number of methoxy groups -OCH3 is 1. The van der Waals surface area contributed by atoms with Gasteiger partial charge in [0, 0.05) is 6.07 Å². The number of rotatable bonds is 6. The summed E-state index contributed by atoms with van der Waals surface area (Å²) < 4.78 is 10.1. The van der Waals surface area contributed by atoms with E-state index in [0.717, 1.165) is 22.8 Å². The van der Waals surface area contributed by atoms with Crippen molar-refractivity contribution in [1.29, 1.82) is 0 Å². The predicted octanol–water partition coefficient (Wildman–Crippen LogP) is 3.31. The van der Waals surface area contributed by atoms with Gasteiger partial charge >= 0.3 is 0 Å². The van der Waals surface area contributed by atoms with E-state index in [9.17, 15) is 4.79 Å². The third kappa shape index (κ3) is 4.57. The topological polar surface area (TPSA) is 89.3 Å². The Bertz CT molecular complexity index is 842. The summed E-state index contributed by atoms with van der Waals surface area (Å²) in [6.07, 6.45) is 1.89. The number of pyridine rings is 1. The van der Waals surface area contributed by atoms with Gasteiger partial charge in [0.2, 0.25) is 5.91 Å². The molecule has 2 aromatic heterocycles. The molecule has 2 N–H and O–H groups in total. The molecule has 0 bridgehead atoms. The van der Waals surface area contributed by atoms with Crippen LogP contribution in [0.5, 0.6) is 5.75 Å². The predicted molar refractivity (Wildman–Crippen MR) is 94.1 cm³/mol. The van der Waals surface area contributed by atoms with E-state index in [-0.39, 0.29) is 12.3 Å². The Morgan fingerprint density at radius 3 is 2.56 bits per heavy atom. The van der Waals surface area contributed by atoms with Crippen LogP contribution >= 0.6 is 0 Å². The van der Waals surface area contributed by atoms with Gasteiger partial charge in [0.05, 0.1) is 25.4 Å². The van der Waals surface area contributed by atoms with E-state index in [0.29, 0.717) is 11.6 Å². The van der Waals surface area contributed by atoms with E-state index in [4.69, 9.17) is 9.26 Å². The van der Waals surface area contributed by atoms with Crippen LogP contribution in [0.25, 0.3) is 0 Å². The molecule has 3 rings (SSSR count). The van der Waals surface area contributed by atoms with Crippen molar-refractivity contribution in [2.75, 3.05) is 17.7 Å². The Balaban J connectivity index is 1.55. The van der Waals surface area contributed by atoms with Gasteiger partial charge in [0.25, 0.3) is 0 Å². The maximum atomic E-state index is 12.1. The summed E-state index contributed by atoms with van der Waals surface area (Å²) in [5, 5.41) is 9.68. The van der Waals surface area contributed by atoms with Gasteiger partial charge in [-0.2, -0.15) is 0 Å². The van der Waals surface area contributed by atoms with Crippen molar-refractivity contribution in [3.05, 3.63) is 60.0 Å². The van der Waals surface area contributed by atoms with E-state index in [1.54, 1.807) is 31.5 Å². The molecule has 0 aliphatic carbocycles. The number of hydrogen-bond acceptors (Lipinski definition) is 6. The van der Waals surface area contributed by atoms with E-state index in [1.807, 2.05) is 31.2 Å². The number of carbonyl (C=O) groups excluding carboxylic acids is 1. The SMILES string of the molecule is COc1ccc(CC(=O)Nc2ccc(Nc3cc(C)on3)cn2)cc1. The summed E-state index contributed by atoms with van der Waals surface area (Å²) in [6, 6.07) is 12.7. The molecule has 25 heavy (non-hydrogen) atoms. The number of benzene rings is 1. The summed E-state index contributed by atoms with van der Waals surface area (Å²) >= 11 is 0. The summed E-state index contributed by atoms with van der Waals surface area (Å²) in [5.74, 6) is 2.44. The fraction of sp³-hybridized carbons (Fsp3) is 0.167. The molecule has 0 unspecified atom stereocenters. The molecular formula is C18H18N4O3. The number of aryl methyl sites for hydroxylation is 1. The number of hydrogen-bond donors (Lipinski definition) is 2. The summed E-state index contributed by atoms with van der Waals surface area (Å²) in [4.78, 5) is 16.3. The molecule has 7 heteroatoms. The van der Waals surface area contributed by atoms with E-state index < -0.39 is 0 Å². The first-order valence-corrected chi connectivity index (χ1v) is 7.71. The lowest BCUT2D eigenvalue weighted by Gasteiger charge is -2.07. The maximum absolute atomic E-state index is 12.1. The van der Waals surface area contributed by atoms with Gasteiger partial charge in [-0.3, -0.25) is 4.79 Å². The van der Waals surface area contributed by atoms with E-state index in [2.05, 4.69) is 20.8 Å². The minimum absolute atomic E-state index is 0.134. The highest BCUT2D eigenvalue weighted by Crippen LogP contribution is 2.17. The number of aromatic nitrogens is 2. The largest absolute Gasteiger partial charge is 0.497 e. The lowest BCUT2D eigenvalue weighted by Crippen LogP contribution is -2.15.